The standard InChI is InChI=1S/C15H16F4N4O/c1-10-8-14(22-6-4-20-5-7-22)21-23(10)11-2-3-12(16)13(9-11)24-15(17,18)19/h2-3,8-9,20H,4-7H2,1H3. The SMILES string of the molecule is Cc1cc(N2CCNCC2)nn1-c1ccc(F)c(OC(F)(F)F)c1. The van der Waals surface area contributed by atoms with Crippen LogP contribution in [0.3, 0.4) is 0 Å². The number of hydrogen-bond donors (Lipinski definition) is 1. The number of halogens is 4. The number of aromatic nitrogens is 2. The van der Waals surface area contributed by atoms with Gasteiger partial charge in [0.2, 0.25) is 0 Å². The maximum absolute atomic E-state index is 13.5. The van der Waals surface area contributed by atoms with Crippen molar-refractivity contribution in [1.82, 2.24) is 15.1 Å². The maximum Gasteiger partial charge on any atom is 0.573 e. The number of aryl methyl sites for hydroxylation is 1. The molecule has 1 aromatic carbocycles. The van der Waals surface area contributed by atoms with Crippen LogP contribution in [0, 0.1) is 12.7 Å². The highest BCUT2D eigenvalue weighted by Crippen LogP contribution is 2.28. The fraction of sp³-hybridized carbons (Fsp3) is 0.400. The van der Waals surface area contributed by atoms with Crippen molar-refractivity contribution in [2.24, 2.45) is 0 Å². The number of anilines is 1. The summed E-state index contributed by atoms with van der Waals surface area (Å²) in [5, 5.41) is 7.66. The zero-order chi connectivity index (χ0) is 17.3. The Hall–Kier alpha value is -2.29. The average molecular weight is 344 g/mol. The molecule has 130 valence electrons. The summed E-state index contributed by atoms with van der Waals surface area (Å²) in [5.41, 5.74) is 1.03. The van der Waals surface area contributed by atoms with Gasteiger partial charge in [-0.3, -0.25) is 0 Å². The van der Waals surface area contributed by atoms with E-state index in [0.29, 0.717) is 5.69 Å². The van der Waals surface area contributed by atoms with Crippen molar-refractivity contribution in [3.63, 3.8) is 0 Å². The molecule has 0 amide bonds. The highest BCUT2D eigenvalue weighted by molar-refractivity contribution is 5.46. The summed E-state index contributed by atoms with van der Waals surface area (Å²) in [4.78, 5) is 2.08. The molecule has 1 aliphatic rings. The molecule has 24 heavy (non-hydrogen) atoms. The molecule has 1 fully saturated rings. The Balaban J connectivity index is 1.91. The number of benzene rings is 1. The largest absolute Gasteiger partial charge is 0.573 e. The van der Waals surface area contributed by atoms with Gasteiger partial charge in [-0.05, 0) is 19.1 Å². The van der Waals surface area contributed by atoms with Gasteiger partial charge in [-0.25, -0.2) is 9.07 Å². The molecule has 0 aliphatic carbocycles. The Morgan fingerprint density at radius 1 is 1.17 bits per heavy atom. The van der Waals surface area contributed by atoms with Gasteiger partial charge in [-0.2, -0.15) is 5.10 Å². The molecule has 0 radical (unpaired) electrons. The van der Waals surface area contributed by atoms with Gasteiger partial charge in [-0.15, -0.1) is 13.2 Å². The molecule has 5 nitrogen and oxygen atoms in total. The molecule has 9 heteroatoms. The number of hydrogen-bond acceptors (Lipinski definition) is 4. The summed E-state index contributed by atoms with van der Waals surface area (Å²) in [5.74, 6) is -1.22. The summed E-state index contributed by atoms with van der Waals surface area (Å²) in [6.07, 6.45) is -4.95. The molecule has 2 heterocycles. The lowest BCUT2D eigenvalue weighted by atomic mass is 10.3. The maximum atomic E-state index is 13.5. The Morgan fingerprint density at radius 3 is 2.54 bits per heavy atom. The van der Waals surface area contributed by atoms with Gasteiger partial charge in [0.15, 0.2) is 17.4 Å². The zero-order valence-electron chi connectivity index (χ0n) is 12.9. The van der Waals surface area contributed by atoms with Crippen LogP contribution >= 0.6 is 0 Å². The van der Waals surface area contributed by atoms with Crippen LogP contribution in [0.15, 0.2) is 24.3 Å². The fourth-order valence-electron chi connectivity index (χ4n) is 2.59. The van der Waals surface area contributed by atoms with Crippen LogP contribution in [-0.2, 0) is 0 Å². The smallest absolute Gasteiger partial charge is 0.403 e. The molecular formula is C15H16F4N4O. The monoisotopic (exact) mass is 344 g/mol. The van der Waals surface area contributed by atoms with E-state index in [2.05, 4.69) is 20.1 Å². The van der Waals surface area contributed by atoms with E-state index < -0.39 is 17.9 Å². The number of piperazine rings is 1. The number of nitrogens with one attached hydrogen (secondary N) is 1. The number of alkyl halides is 3. The number of rotatable bonds is 3. The van der Waals surface area contributed by atoms with Crippen molar-refractivity contribution in [2.45, 2.75) is 13.3 Å². The van der Waals surface area contributed by atoms with Gasteiger partial charge in [-0.1, -0.05) is 0 Å². The third-order valence-corrected chi connectivity index (χ3v) is 3.70. The predicted octanol–water partition coefficient (Wildman–Crippen LogP) is 2.63. The molecule has 0 spiro atoms. The third kappa shape index (κ3) is 3.61. The van der Waals surface area contributed by atoms with Crippen molar-refractivity contribution in [3.05, 3.63) is 35.8 Å². The van der Waals surface area contributed by atoms with Crippen LogP contribution in [0.4, 0.5) is 23.4 Å². The Labute approximate surface area is 135 Å². The first-order chi connectivity index (χ1) is 11.3. The predicted molar refractivity (Wildman–Crippen MR) is 80.0 cm³/mol. The minimum atomic E-state index is -4.95. The van der Waals surface area contributed by atoms with E-state index in [1.807, 2.05) is 6.07 Å². The van der Waals surface area contributed by atoms with E-state index >= 15 is 0 Å². The van der Waals surface area contributed by atoms with Gasteiger partial charge in [0.25, 0.3) is 0 Å². The summed E-state index contributed by atoms with van der Waals surface area (Å²) < 4.78 is 55.8. The van der Waals surface area contributed by atoms with Crippen LogP contribution in [0.2, 0.25) is 0 Å². The molecule has 0 unspecified atom stereocenters. The van der Waals surface area contributed by atoms with Gasteiger partial charge < -0.3 is 15.0 Å². The Bertz CT molecular complexity index is 723. The van der Waals surface area contributed by atoms with Crippen LogP contribution in [0.25, 0.3) is 5.69 Å². The normalized spacial score (nSPS) is 15.6. The highest BCUT2D eigenvalue weighted by atomic mass is 19.4. The lowest BCUT2D eigenvalue weighted by Gasteiger charge is -2.27. The summed E-state index contributed by atoms with van der Waals surface area (Å²) >= 11 is 0. The van der Waals surface area contributed by atoms with Crippen molar-refractivity contribution >= 4 is 5.82 Å². The van der Waals surface area contributed by atoms with Crippen LogP contribution in [0.5, 0.6) is 5.75 Å². The van der Waals surface area contributed by atoms with E-state index in [1.165, 1.54) is 10.7 Å². The lowest BCUT2D eigenvalue weighted by Crippen LogP contribution is -2.43. The van der Waals surface area contributed by atoms with Gasteiger partial charge in [0.05, 0.1) is 5.69 Å². The fourth-order valence-corrected chi connectivity index (χ4v) is 2.59. The van der Waals surface area contributed by atoms with Gasteiger partial charge >= 0.3 is 6.36 Å². The highest BCUT2D eigenvalue weighted by Gasteiger charge is 2.32. The van der Waals surface area contributed by atoms with Gasteiger partial charge in [0.1, 0.15) is 0 Å². The first kappa shape index (κ1) is 16.6. The topological polar surface area (TPSA) is 42.3 Å². The molecule has 0 bridgehead atoms. The average Bonchev–Trinajstić information content (AvgIpc) is 2.91. The van der Waals surface area contributed by atoms with Crippen LogP contribution < -0.4 is 15.0 Å². The Kier molecular flexibility index (Phi) is 4.35. The molecule has 2 aromatic rings. The minimum Gasteiger partial charge on any atom is -0.403 e. The summed E-state index contributed by atoms with van der Waals surface area (Å²) in [6, 6.07) is 5.13. The second kappa shape index (κ2) is 6.31. The molecule has 1 aliphatic heterocycles. The first-order valence-corrected chi connectivity index (χ1v) is 7.41. The molecule has 1 N–H and O–H groups in total. The number of ether oxygens (including phenoxy) is 1. The molecule has 0 saturated carbocycles. The van der Waals surface area contributed by atoms with Gasteiger partial charge in [0, 0.05) is 44.0 Å². The molecule has 0 atom stereocenters. The van der Waals surface area contributed by atoms with E-state index in [0.717, 1.165) is 49.8 Å². The summed E-state index contributed by atoms with van der Waals surface area (Å²) in [7, 11) is 0. The summed E-state index contributed by atoms with van der Waals surface area (Å²) in [6.45, 7) is 5.05. The molecular weight excluding hydrogens is 328 g/mol. The molecule has 1 aromatic heterocycles. The second-order valence-corrected chi connectivity index (χ2v) is 5.46. The Morgan fingerprint density at radius 2 is 1.88 bits per heavy atom. The van der Waals surface area contributed by atoms with E-state index in [9.17, 15) is 17.6 Å². The molecule has 1 saturated heterocycles. The first-order valence-electron chi connectivity index (χ1n) is 7.41. The zero-order valence-corrected chi connectivity index (χ0v) is 12.9. The van der Waals surface area contributed by atoms with E-state index in [-0.39, 0.29) is 0 Å². The lowest BCUT2D eigenvalue weighted by molar-refractivity contribution is -0.275. The van der Waals surface area contributed by atoms with Crippen molar-refractivity contribution in [2.75, 3.05) is 31.1 Å². The molecule has 3 rings (SSSR count). The van der Waals surface area contributed by atoms with E-state index in [1.54, 1.807) is 6.92 Å². The quantitative estimate of drug-likeness (QED) is 0.870. The van der Waals surface area contributed by atoms with Crippen molar-refractivity contribution < 1.29 is 22.3 Å². The number of nitrogens with zero attached hydrogens (tertiary/aromatic N) is 3. The minimum absolute atomic E-state index is 0.300. The third-order valence-electron chi connectivity index (χ3n) is 3.70. The van der Waals surface area contributed by atoms with Crippen molar-refractivity contribution in [1.29, 1.82) is 0 Å². The second-order valence-electron chi connectivity index (χ2n) is 5.46. The van der Waals surface area contributed by atoms with Crippen LogP contribution in [0.1, 0.15) is 5.69 Å². The van der Waals surface area contributed by atoms with E-state index in [4.69, 9.17) is 0 Å². The van der Waals surface area contributed by atoms with Crippen molar-refractivity contribution in [3.8, 4) is 11.4 Å². The van der Waals surface area contributed by atoms with Crippen LogP contribution in [-0.4, -0.2) is 42.3 Å².